The van der Waals surface area contributed by atoms with Crippen molar-refractivity contribution in [3.05, 3.63) is 29.3 Å². The molecule has 2 aliphatic carbocycles. The largest absolute Gasteiger partial charge is 0.399 e. The molecule has 0 radical (unpaired) electrons. The number of benzene rings is 1. The number of anilines is 1. The Morgan fingerprint density at radius 3 is 3.05 bits per heavy atom. The molecule has 1 aromatic rings. The van der Waals surface area contributed by atoms with Crippen molar-refractivity contribution in [1.29, 1.82) is 0 Å². The number of aryl methyl sites for hydroxylation is 1. The van der Waals surface area contributed by atoms with Crippen molar-refractivity contribution in [2.45, 2.75) is 57.1 Å². The molecule has 20 heavy (non-hydrogen) atoms. The summed E-state index contributed by atoms with van der Waals surface area (Å²) in [5.74, 6) is 0.645. The molecule has 3 unspecified atom stereocenters. The minimum absolute atomic E-state index is 0.381. The van der Waals surface area contributed by atoms with Crippen molar-refractivity contribution >= 4 is 5.69 Å². The fourth-order valence-corrected chi connectivity index (χ4v) is 3.96. The monoisotopic (exact) mass is 274 g/mol. The maximum Gasteiger partial charge on any atom is 0.0774 e. The average molecular weight is 274 g/mol. The zero-order valence-electron chi connectivity index (χ0n) is 12.4. The second-order valence-corrected chi connectivity index (χ2v) is 6.86. The first-order chi connectivity index (χ1) is 9.56. The Morgan fingerprint density at radius 1 is 1.40 bits per heavy atom. The highest BCUT2D eigenvalue weighted by atomic mass is 16.3. The number of hydrogen-bond donors (Lipinski definition) is 3. The van der Waals surface area contributed by atoms with Crippen molar-refractivity contribution < 1.29 is 5.11 Å². The summed E-state index contributed by atoms with van der Waals surface area (Å²) in [5, 5.41) is 14.3. The van der Waals surface area contributed by atoms with Crippen LogP contribution in [0.4, 0.5) is 5.69 Å². The summed E-state index contributed by atoms with van der Waals surface area (Å²) in [6, 6.07) is 6.60. The Labute approximate surface area is 121 Å². The minimum Gasteiger partial charge on any atom is -0.399 e. The lowest BCUT2D eigenvalue weighted by molar-refractivity contribution is -0.0137. The van der Waals surface area contributed by atoms with Gasteiger partial charge >= 0.3 is 0 Å². The van der Waals surface area contributed by atoms with Gasteiger partial charge in [0.1, 0.15) is 0 Å². The SMILES string of the molecule is CC1CCCC(O)(CNC2CCc3cc(N)ccc32)C1. The molecule has 0 heterocycles. The predicted molar refractivity (Wildman–Crippen MR) is 82.5 cm³/mol. The van der Waals surface area contributed by atoms with E-state index < -0.39 is 5.60 Å². The van der Waals surface area contributed by atoms with Crippen LogP contribution < -0.4 is 11.1 Å². The topological polar surface area (TPSA) is 58.3 Å². The van der Waals surface area contributed by atoms with Crippen LogP contribution in [-0.4, -0.2) is 17.3 Å². The molecule has 0 bridgehead atoms. The number of aliphatic hydroxyl groups is 1. The third-order valence-corrected chi connectivity index (χ3v) is 4.99. The van der Waals surface area contributed by atoms with Gasteiger partial charge in [0.05, 0.1) is 5.60 Å². The first-order valence-electron chi connectivity index (χ1n) is 7.90. The van der Waals surface area contributed by atoms with Gasteiger partial charge in [-0.2, -0.15) is 0 Å². The molecule has 1 aromatic carbocycles. The van der Waals surface area contributed by atoms with E-state index in [0.29, 0.717) is 18.5 Å². The molecule has 0 spiro atoms. The van der Waals surface area contributed by atoms with E-state index in [4.69, 9.17) is 5.73 Å². The van der Waals surface area contributed by atoms with Crippen molar-refractivity contribution in [2.24, 2.45) is 5.92 Å². The van der Waals surface area contributed by atoms with E-state index in [1.54, 1.807) is 0 Å². The zero-order valence-corrected chi connectivity index (χ0v) is 12.4. The van der Waals surface area contributed by atoms with Gasteiger partial charge in [-0.3, -0.25) is 0 Å². The molecule has 2 aliphatic rings. The quantitative estimate of drug-likeness (QED) is 0.743. The Balaban J connectivity index is 1.63. The maximum absolute atomic E-state index is 10.7. The van der Waals surface area contributed by atoms with Crippen LogP contribution in [0.2, 0.25) is 0 Å². The molecule has 0 aliphatic heterocycles. The van der Waals surface area contributed by atoms with Gasteiger partial charge in [0.25, 0.3) is 0 Å². The van der Waals surface area contributed by atoms with Crippen LogP contribution in [-0.2, 0) is 6.42 Å². The molecular formula is C17H26N2O. The molecule has 0 saturated heterocycles. The summed E-state index contributed by atoms with van der Waals surface area (Å²) in [6.45, 7) is 2.96. The van der Waals surface area contributed by atoms with Crippen molar-refractivity contribution in [1.82, 2.24) is 5.32 Å². The molecule has 1 saturated carbocycles. The van der Waals surface area contributed by atoms with Gasteiger partial charge < -0.3 is 16.2 Å². The number of rotatable bonds is 3. The summed E-state index contributed by atoms with van der Waals surface area (Å²) in [6.07, 6.45) is 6.48. The first kappa shape index (κ1) is 13.9. The van der Waals surface area contributed by atoms with Crippen LogP contribution in [0.3, 0.4) is 0 Å². The van der Waals surface area contributed by atoms with Gasteiger partial charge in [0, 0.05) is 18.3 Å². The van der Waals surface area contributed by atoms with Crippen LogP contribution in [0.5, 0.6) is 0 Å². The molecule has 3 heteroatoms. The number of nitrogen functional groups attached to an aromatic ring is 1. The van der Waals surface area contributed by atoms with E-state index >= 15 is 0 Å². The lowest BCUT2D eigenvalue weighted by atomic mass is 9.79. The molecule has 0 amide bonds. The highest BCUT2D eigenvalue weighted by molar-refractivity contribution is 5.47. The van der Waals surface area contributed by atoms with E-state index in [0.717, 1.165) is 37.8 Å². The first-order valence-corrected chi connectivity index (χ1v) is 7.90. The molecule has 110 valence electrons. The molecule has 0 aromatic heterocycles. The molecule has 4 N–H and O–H groups in total. The third kappa shape index (κ3) is 2.84. The van der Waals surface area contributed by atoms with Crippen LogP contribution in [0, 0.1) is 5.92 Å². The Morgan fingerprint density at radius 2 is 2.25 bits per heavy atom. The molecule has 1 fully saturated rings. The number of nitrogens with one attached hydrogen (secondary N) is 1. The van der Waals surface area contributed by atoms with Gasteiger partial charge in [-0.05, 0) is 54.9 Å². The standard InChI is InChI=1S/C17H26N2O/c1-12-3-2-8-17(20,10-12)11-19-16-7-4-13-9-14(18)5-6-15(13)16/h5-6,9,12,16,19-20H,2-4,7-8,10-11,18H2,1H3. The third-order valence-electron chi connectivity index (χ3n) is 4.99. The number of nitrogens with two attached hydrogens (primary N) is 1. The fraction of sp³-hybridized carbons (Fsp3) is 0.647. The summed E-state index contributed by atoms with van der Waals surface area (Å²) < 4.78 is 0. The summed E-state index contributed by atoms with van der Waals surface area (Å²) >= 11 is 0. The van der Waals surface area contributed by atoms with Crippen LogP contribution in [0.25, 0.3) is 0 Å². The van der Waals surface area contributed by atoms with E-state index in [-0.39, 0.29) is 0 Å². The van der Waals surface area contributed by atoms with Crippen molar-refractivity contribution in [3.8, 4) is 0 Å². The number of fused-ring (bicyclic) bond motifs is 1. The Hall–Kier alpha value is -1.06. The molecule has 3 nitrogen and oxygen atoms in total. The fourth-order valence-electron chi connectivity index (χ4n) is 3.96. The van der Waals surface area contributed by atoms with Gasteiger partial charge in [-0.15, -0.1) is 0 Å². The van der Waals surface area contributed by atoms with Crippen LogP contribution in [0.1, 0.15) is 56.2 Å². The molecule has 3 rings (SSSR count). The summed E-state index contributed by atoms with van der Waals surface area (Å²) in [4.78, 5) is 0. The van der Waals surface area contributed by atoms with Gasteiger partial charge in [-0.25, -0.2) is 0 Å². The average Bonchev–Trinajstić information content (AvgIpc) is 2.78. The Kier molecular flexibility index (Phi) is 3.74. The van der Waals surface area contributed by atoms with Gasteiger partial charge in [0.2, 0.25) is 0 Å². The zero-order chi connectivity index (χ0) is 14.2. The van der Waals surface area contributed by atoms with E-state index in [1.165, 1.54) is 17.5 Å². The Bertz CT molecular complexity index is 488. The second-order valence-electron chi connectivity index (χ2n) is 6.86. The highest BCUT2D eigenvalue weighted by Crippen LogP contribution is 2.35. The maximum atomic E-state index is 10.7. The van der Waals surface area contributed by atoms with E-state index in [1.807, 2.05) is 6.07 Å². The smallest absolute Gasteiger partial charge is 0.0774 e. The second kappa shape index (κ2) is 5.38. The predicted octanol–water partition coefficient (Wildman–Crippen LogP) is 2.79. The highest BCUT2D eigenvalue weighted by Gasteiger charge is 2.33. The van der Waals surface area contributed by atoms with E-state index in [2.05, 4.69) is 24.4 Å². The number of hydrogen-bond acceptors (Lipinski definition) is 3. The summed E-state index contributed by atoms with van der Waals surface area (Å²) in [5.41, 5.74) is 8.92. The van der Waals surface area contributed by atoms with E-state index in [9.17, 15) is 5.11 Å². The van der Waals surface area contributed by atoms with Crippen molar-refractivity contribution in [3.63, 3.8) is 0 Å². The minimum atomic E-state index is -0.506. The van der Waals surface area contributed by atoms with Gasteiger partial charge in [0.15, 0.2) is 0 Å². The lowest BCUT2D eigenvalue weighted by Crippen LogP contribution is -2.44. The molecular weight excluding hydrogens is 248 g/mol. The van der Waals surface area contributed by atoms with Crippen LogP contribution in [0.15, 0.2) is 18.2 Å². The van der Waals surface area contributed by atoms with Gasteiger partial charge in [-0.1, -0.05) is 25.8 Å². The van der Waals surface area contributed by atoms with Crippen LogP contribution >= 0.6 is 0 Å². The summed E-state index contributed by atoms with van der Waals surface area (Å²) in [7, 11) is 0. The normalized spacial score (nSPS) is 33.1. The van der Waals surface area contributed by atoms with Crippen molar-refractivity contribution in [2.75, 3.05) is 12.3 Å². The molecule has 3 atom stereocenters. The lowest BCUT2D eigenvalue weighted by Gasteiger charge is -2.36.